The first-order valence-corrected chi connectivity index (χ1v) is 5.67. The monoisotopic (exact) mass is 306 g/mol. The average molecular weight is 308 g/mol. The van der Waals surface area contributed by atoms with Crippen LogP contribution >= 0.6 is 28.3 Å². The highest BCUT2D eigenvalue weighted by Crippen LogP contribution is 2.10. The summed E-state index contributed by atoms with van der Waals surface area (Å²) in [6, 6.07) is 8.11. The van der Waals surface area contributed by atoms with Gasteiger partial charge in [-0.2, -0.15) is 0 Å². The van der Waals surface area contributed by atoms with Gasteiger partial charge in [-0.1, -0.05) is 28.1 Å². The van der Waals surface area contributed by atoms with Crippen LogP contribution in [-0.4, -0.2) is 26.0 Å². The van der Waals surface area contributed by atoms with Crippen LogP contribution in [0.25, 0.3) is 0 Å². The molecule has 90 valence electrons. The summed E-state index contributed by atoms with van der Waals surface area (Å²) in [6.07, 6.45) is 0.864. The molecular formula is C11H16BrClN2O. The van der Waals surface area contributed by atoms with Crippen LogP contribution in [0.2, 0.25) is 0 Å². The van der Waals surface area contributed by atoms with Crippen molar-refractivity contribution in [2.24, 2.45) is 0 Å². The first-order valence-electron chi connectivity index (χ1n) is 4.88. The molecule has 1 aromatic carbocycles. The third kappa shape index (κ3) is 6.10. The molecule has 16 heavy (non-hydrogen) atoms. The Hall–Kier alpha value is -0.580. The first-order chi connectivity index (χ1) is 7.22. The summed E-state index contributed by atoms with van der Waals surface area (Å²) in [4.78, 5) is 11.1. The minimum absolute atomic E-state index is 0. The summed E-state index contributed by atoms with van der Waals surface area (Å²) in [5, 5.41) is 5.64. The maximum absolute atomic E-state index is 11.1. The Kier molecular flexibility index (Phi) is 8.25. The molecule has 0 saturated heterocycles. The molecule has 0 aromatic heterocycles. The molecule has 1 aromatic rings. The van der Waals surface area contributed by atoms with E-state index in [4.69, 9.17) is 0 Å². The lowest BCUT2D eigenvalue weighted by molar-refractivity contribution is -0.120. The first kappa shape index (κ1) is 15.4. The van der Waals surface area contributed by atoms with Crippen molar-refractivity contribution in [3.05, 3.63) is 34.3 Å². The van der Waals surface area contributed by atoms with Gasteiger partial charge >= 0.3 is 0 Å². The van der Waals surface area contributed by atoms with E-state index in [9.17, 15) is 4.79 Å². The highest BCUT2D eigenvalue weighted by atomic mass is 79.9. The van der Waals surface area contributed by atoms with Crippen LogP contribution in [0.3, 0.4) is 0 Å². The second-order valence-corrected chi connectivity index (χ2v) is 4.17. The van der Waals surface area contributed by atoms with Gasteiger partial charge in [0.2, 0.25) is 5.91 Å². The predicted octanol–water partition coefficient (Wildman–Crippen LogP) is 1.75. The zero-order chi connectivity index (χ0) is 11.1. The second kappa shape index (κ2) is 8.56. The third-order valence-corrected chi connectivity index (χ3v) is 2.52. The maximum Gasteiger partial charge on any atom is 0.233 e. The lowest BCUT2D eigenvalue weighted by atomic mass is 10.1. The van der Waals surface area contributed by atoms with Gasteiger partial charge in [-0.15, -0.1) is 12.4 Å². The number of carbonyl (C=O) groups is 1. The van der Waals surface area contributed by atoms with Crippen LogP contribution in [0.4, 0.5) is 0 Å². The number of likely N-dealkylation sites (N-methyl/N-ethyl adjacent to an activating group) is 1. The van der Waals surface area contributed by atoms with E-state index in [1.807, 2.05) is 24.3 Å². The number of rotatable bonds is 5. The van der Waals surface area contributed by atoms with Crippen LogP contribution in [0.1, 0.15) is 5.56 Å². The number of hydrogen-bond donors (Lipinski definition) is 2. The van der Waals surface area contributed by atoms with Gasteiger partial charge in [-0.25, -0.2) is 0 Å². The number of hydrogen-bond acceptors (Lipinski definition) is 2. The molecule has 3 nitrogen and oxygen atoms in total. The molecule has 0 spiro atoms. The van der Waals surface area contributed by atoms with Crippen LogP contribution < -0.4 is 10.6 Å². The van der Waals surface area contributed by atoms with Crippen molar-refractivity contribution in [1.82, 2.24) is 10.6 Å². The fourth-order valence-electron chi connectivity index (χ4n) is 1.22. The molecule has 0 unspecified atom stereocenters. The minimum Gasteiger partial charge on any atom is -0.355 e. The van der Waals surface area contributed by atoms with Gasteiger partial charge in [0.25, 0.3) is 0 Å². The molecule has 0 heterocycles. The summed E-state index contributed by atoms with van der Waals surface area (Å²) in [5.41, 5.74) is 1.22. The van der Waals surface area contributed by atoms with E-state index in [1.165, 1.54) is 5.56 Å². The van der Waals surface area contributed by atoms with Crippen molar-refractivity contribution < 1.29 is 4.79 Å². The van der Waals surface area contributed by atoms with Crippen molar-refractivity contribution in [3.63, 3.8) is 0 Å². The molecule has 0 aliphatic carbocycles. The van der Waals surface area contributed by atoms with E-state index < -0.39 is 0 Å². The Morgan fingerprint density at radius 1 is 1.31 bits per heavy atom. The van der Waals surface area contributed by atoms with Crippen LogP contribution in [0.5, 0.6) is 0 Å². The van der Waals surface area contributed by atoms with E-state index in [2.05, 4.69) is 26.6 Å². The molecule has 0 atom stereocenters. The van der Waals surface area contributed by atoms with E-state index in [0.29, 0.717) is 13.1 Å². The minimum atomic E-state index is 0. The average Bonchev–Trinajstić information content (AvgIpc) is 2.21. The Morgan fingerprint density at radius 3 is 2.50 bits per heavy atom. The van der Waals surface area contributed by atoms with Crippen LogP contribution in [0.15, 0.2) is 28.7 Å². The Labute approximate surface area is 111 Å². The number of amides is 1. The summed E-state index contributed by atoms with van der Waals surface area (Å²) < 4.78 is 1.07. The molecule has 1 rings (SSSR count). The second-order valence-electron chi connectivity index (χ2n) is 3.26. The third-order valence-electron chi connectivity index (χ3n) is 1.99. The summed E-state index contributed by atoms with van der Waals surface area (Å²) in [7, 11) is 1.76. The smallest absolute Gasteiger partial charge is 0.233 e. The largest absolute Gasteiger partial charge is 0.355 e. The molecule has 0 saturated carbocycles. The quantitative estimate of drug-likeness (QED) is 0.870. The Balaban J connectivity index is 0.00000225. The molecule has 0 radical (unpaired) electrons. The number of nitrogens with one attached hydrogen (secondary N) is 2. The van der Waals surface area contributed by atoms with Crippen molar-refractivity contribution in [3.8, 4) is 0 Å². The van der Waals surface area contributed by atoms with E-state index >= 15 is 0 Å². The Bertz CT molecular complexity index is 316. The van der Waals surface area contributed by atoms with Gasteiger partial charge in [-0.05, 0) is 31.2 Å². The van der Waals surface area contributed by atoms with Crippen LogP contribution in [0, 0.1) is 0 Å². The van der Waals surface area contributed by atoms with E-state index in [-0.39, 0.29) is 18.3 Å². The molecule has 1 amide bonds. The molecule has 0 aliphatic rings. The summed E-state index contributed by atoms with van der Waals surface area (Å²) in [6.45, 7) is 1.06. The lowest BCUT2D eigenvalue weighted by Gasteiger charge is -2.04. The van der Waals surface area contributed by atoms with Gasteiger partial charge in [0, 0.05) is 11.0 Å². The fourth-order valence-corrected chi connectivity index (χ4v) is 1.48. The summed E-state index contributed by atoms with van der Waals surface area (Å²) in [5.74, 6) is 0.0367. The number of halogens is 2. The lowest BCUT2D eigenvalue weighted by Crippen LogP contribution is -2.33. The van der Waals surface area contributed by atoms with Gasteiger partial charge < -0.3 is 10.6 Å². The zero-order valence-corrected chi connectivity index (χ0v) is 11.5. The standard InChI is InChI=1S/C11H15BrN2O.ClH/c1-13-8-11(15)14-7-6-9-2-4-10(12)5-3-9;/h2-5,13H,6-8H2,1H3,(H,14,15);1H. The normalized spacial score (nSPS) is 9.38. The molecule has 0 aliphatic heterocycles. The van der Waals surface area contributed by atoms with Crippen molar-refractivity contribution in [2.45, 2.75) is 6.42 Å². The van der Waals surface area contributed by atoms with Gasteiger partial charge in [0.1, 0.15) is 0 Å². The summed E-state index contributed by atoms with van der Waals surface area (Å²) >= 11 is 3.38. The SMILES string of the molecule is CNCC(=O)NCCc1ccc(Br)cc1.Cl. The van der Waals surface area contributed by atoms with E-state index in [0.717, 1.165) is 10.9 Å². The molecule has 0 fully saturated rings. The fraction of sp³-hybridized carbons (Fsp3) is 0.364. The molecule has 5 heteroatoms. The molecular weight excluding hydrogens is 291 g/mol. The van der Waals surface area contributed by atoms with Crippen molar-refractivity contribution >= 4 is 34.2 Å². The van der Waals surface area contributed by atoms with Crippen LogP contribution in [-0.2, 0) is 11.2 Å². The topological polar surface area (TPSA) is 41.1 Å². The highest BCUT2D eigenvalue weighted by molar-refractivity contribution is 9.10. The molecule has 2 N–H and O–H groups in total. The van der Waals surface area contributed by atoms with Crippen molar-refractivity contribution in [2.75, 3.05) is 20.1 Å². The molecule has 0 bridgehead atoms. The van der Waals surface area contributed by atoms with E-state index in [1.54, 1.807) is 7.05 Å². The zero-order valence-electron chi connectivity index (χ0n) is 9.13. The number of benzene rings is 1. The van der Waals surface area contributed by atoms with Gasteiger partial charge in [0.05, 0.1) is 6.54 Å². The van der Waals surface area contributed by atoms with Gasteiger partial charge in [-0.3, -0.25) is 4.79 Å². The van der Waals surface area contributed by atoms with Gasteiger partial charge in [0.15, 0.2) is 0 Å². The van der Waals surface area contributed by atoms with Crippen molar-refractivity contribution in [1.29, 1.82) is 0 Å². The number of carbonyl (C=O) groups excluding carboxylic acids is 1. The highest BCUT2D eigenvalue weighted by Gasteiger charge is 1.98. The predicted molar refractivity (Wildman–Crippen MR) is 72.0 cm³/mol. The maximum atomic E-state index is 11.1. The Morgan fingerprint density at radius 2 is 1.94 bits per heavy atom.